The van der Waals surface area contributed by atoms with Crippen LogP contribution in [0.1, 0.15) is 64.0 Å². The minimum absolute atomic E-state index is 0.0155. The van der Waals surface area contributed by atoms with Crippen molar-refractivity contribution < 1.29 is 9.16 Å². The molecule has 0 heterocycles. The van der Waals surface area contributed by atoms with Gasteiger partial charge in [-0.05, 0) is 51.9 Å². The van der Waals surface area contributed by atoms with E-state index in [1.54, 1.807) is 7.11 Å². The summed E-state index contributed by atoms with van der Waals surface area (Å²) in [6, 6.07) is 40.8. The van der Waals surface area contributed by atoms with Gasteiger partial charge in [-0.3, -0.25) is 0 Å². The second-order valence-corrected chi connectivity index (χ2v) is 15.8. The van der Waals surface area contributed by atoms with Crippen LogP contribution in [0.3, 0.4) is 0 Å². The summed E-state index contributed by atoms with van der Waals surface area (Å²) in [5.41, 5.74) is 3.73. The van der Waals surface area contributed by atoms with Gasteiger partial charge in [0.1, 0.15) is 5.75 Å². The van der Waals surface area contributed by atoms with E-state index >= 15 is 0 Å². The predicted octanol–water partition coefficient (Wildman–Crippen LogP) is 8.76. The Morgan fingerprint density at radius 2 is 1.18 bits per heavy atom. The molecule has 0 saturated carbocycles. The first-order chi connectivity index (χ1) is 19.5. The molecule has 0 aliphatic heterocycles. The van der Waals surface area contributed by atoms with E-state index in [1.807, 2.05) is 6.07 Å². The fourth-order valence-electron chi connectivity index (χ4n) is 5.70. The summed E-state index contributed by atoms with van der Waals surface area (Å²) in [6.07, 6.45) is 7.86. The Kier molecular flexibility index (Phi) is 10.6. The number of methoxy groups -OCH3 is 1. The molecule has 4 rings (SSSR count). The van der Waals surface area contributed by atoms with Gasteiger partial charge >= 0.3 is 0 Å². The SMILES string of the molecule is COc1ccccc1/C(=C/c1ccccc1)CCCCCCO[Si](c1ccccc1)(c1ccccc1)C(C)(C)C. The van der Waals surface area contributed by atoms with E-state index in [0.29, 0.717) is 0 Å². The first-order valence-corrected chi connectivity index (χ1v) is 16.5. The van der Waals surface area contributed by atoms with E-state index in [-0.39, 0.29) is 5.04 Å². The lowest BCUT2D eigenvalue weighted by atomic mass is 9.96. The number of unbranched alkanes of at least 4 members (excludes halogenated alkanes) is 3. The zero-order valence-corrected chi connectivity index (χ0v) is 25.6. The molecule has 0 aromatic heterocycles. The van der Waals surface area contributed by atoms with Crippen molar-refractivity contribution in [1.29, 1.82) is 0 Å². The first-order valence-electron chi connectivity index (χ1n) is 14.6. The minimum atomic E-state index is -2.46. The molecule has 0 bridgehead atoms. The molecular weight excluding hydrogens is 504 g/mol. The summed E-state index contributed by atoms with van der Waals surface area (Å²) in [6.45, 7) is 7.82. The second kappa shape index (κ2) is 14.3. The molecule has 0 N–H and O–H groups in total. The zero-order valence-electron chi connectivity index (χ0n) is 24.6. The fraction of sp³-hybridized carbons (Fsp3) is 0.297. The van der Waals surface area contributed by atoms with E-state index in [2.05, 4.69) is 136 Å². The van der Waals surface area contributed by atoms with Crippen LogP contribution >= 0.6 is 0 Å². The molecule has 0 unspecified atom stereocenters. The zero-order chi connectivity index (χ0) is 28.3. The molecule has 0 spiro atoms. The van der Waals surface area contributed by atoms with Crippen molar-refractivity contribution in [2.24, 2.45) is 0 Å². The van der Waals surface area contributed by atoms with Crippen molar-refractivity contribution in [3.8, 4) is 5.75 Å². The van der Waals surface area contributed by atoms with Gasteiger partial charge in [0.05, 0.1) is 7.11 Å². The van der Waals surface area contributed by atoms with Crippen LogP contribution in [0.4, 0.5) is 0 Å². The summed E-state index contributed by atoms with van der Waals surface area (Å²) in [7, 11) is -0.702. The van der Waals surface area contributed by atoms with Crippen LogP contribution in [0.25, 0.3) is 11.6 Å². The Hall–Kier alpha value is -3.40. The van der Waals surface area contributed by atoms with Crippen LogP contribution in [0.5, 0.6) is 5.75 Å². The van der Waals surface area contributed by atoms with Crippen molar-refractivity contribution in [2.75, 3.05) is 13.7 Å². The molecule has 0 atom stereocenters. The molecule has 4 aromatic carbocycles. The molecule has 3 heteroatoms. The highest BCUT2D eigenvalue weighted by molar-refractivity contribution is 6.99. The van der Waals surface area contributed by atoms with Gasteiger partial charge < -0.3 is 9.16 Å². The summed E-state index contributed by atoms with van der Waals surface area (Å²) in [4.78, 5) is 0. The largest absolute Gasteiger partial charge is 0.496 e. The maximum absolute atomic E-state index is 7.08. The predicted molar refractivity (Wildman–Crippen MR) is 174 cm³/mol. The topological polar surface area (TPSA) is 18.5 Å². The average Bonchev–Trinajstić information content (AvgIpc) is 2.99. The molecule has 208 valence electrons. The molecule has 0 amide bonds. The molecule has 0 aliphatic rings. The molecule has 0 saturated heterocycles. The average molecular weight is 549 g/mol. The Labute approximate surface area is 242 Å². The third-order valence-corrected chi connectivity index (χ3v) is 12.7. The number of benzene rings is 4. The monoisotopic (exact) mass is 548 g/mol. The second-order valence-electron chi connectivity index (χ2n) is 11.5. The Bertz CT molecular complexity index is 1290. The normalized spacial score (nSPS) is 12.3. The minimum Gasteiger partial charge on any atom is -0.496 e. The van der Waals surface area contributed by atoms with Crippen molar-refractivity contribution >= 4 is 30.3 Å². The van der Waals surface area contributed by atoms with Crippen LogP contribution in [0, 0.1) is 0 Å². The number of ether oxygens (including phenoxy) is 1. The standard InChI is InChI=1S/C37H44O2Si/c1-37(2,3)40(33-23-13-8-14-24-33,34-25-15-9-16-26-34)39-29-19-6-5-12-22-32(30-31-20-10-7-11-21-31)35-27-17-18-28-36(35)38-4/h7-11,13-18,20-21,23-28,30H,5-6,12,19,22,29H2,1-4H3/b32-30+. The lowest BCUT2D eigenvalue weighted by Crippen LogP contribution is -2.66. The molecule has 0 fully saturated rings. The molecule has 0 aliphatic carbocycles. The highest BCUT2D eigenvalue weighted by Gasteiger charge is 2.49. The maximum atomic E-state index is 7.08. The lowest BCUT2D eigenvalue weighted by Gasteiger charge is -2.43. The van der Waals surface area contributed by atoms with E-state index in [1.165, 1.54) is 33.5 Å². The molecule has 4 aromatic rings. The maximum Gasteiger partial charge on any atom is 0.261 e. The summed E-state index contributed by atoms with van der Waals surface area (Å²) < 4.78 is 12.8. The number of para-hydroxylation sites is 1. The Balaban J connectivity index is 1.41. The van der Waals surface area contributed by atoms with Gasteiger partial charge in [-0.1, -0.05) is 149 Å². The fourth-order valence-corrected chi connectivity index (χ4v) is 10.3. The molecule has 2 nitrogen and oxygen atoms in total. The summed E-state index contributed by atoms with van der Waals surface area (Å²) in [5, 5.41) is 2.71. The van der Waals surface area contributed by atoms with Gasteiger partial charge in [0.15, 0.2) is 0 Å². The third-order valence-electron chi connectivity index (χ3n) is 7.67. The van der Waals surface area contributed by atoms with Crippen molar-refractivity contribution in [3.05, 3.63) is 126 Å². The lowest BCUT2D eigenvalue weighted by molar-refractivity contribution is 0.286. The molecule has 40 heavy (non-hydrogen) atoms. The van der Waals surface area contributed by atoms with Gasteiger partial charge in [-0.25, -0.2) is 0 Å². The van der Waals surface area contributed by atoms with Crippen LogP contribution in [-0.2, 0) is 4.43 Å². The smallest absolute Gasteiger partial charge is 0.261 e. The Morgan fingerprint density at radius 3 is 1.75 bits per heavy atom. The summed E-state index contributed by atoms with van der Waals surface area (Å²) in [5.74, 6) is 0.934. The van der Waals surface area contributed by atoms with Gasteiger partial charge in [0, 0.05) is 12.2 Å². The number of rotatable bonds is 13. The molecular formula is C37H44O2Si. The van der Waals surface area contributed by atoms with Crippen molar-refractivity contribution in [3.63, 3.8) is 0 Å². The van der Waals surface area contributed by atoms with Gasteiger partial charge in [-0.15, -0.1) is 0 Å². The number of hydrogen-bond donors (Lipinski definition) is 0. The van der Waals surface area contributed by atoms with Gasteiger partial charge in [0.25, 0.3) is 8.32 Å². The van der Waals surface area contributed by atoms with Crippen molar-refractivity contribution in [1.82, 2.24) is 0 Å². The van der Waals surface area contributed by atoms with E-state index in [0.717, 1.165) is 38.0 Å². The molecule has 0 radical (unpaired) electrons. The third kappa shape index (κ3) is 7.21. The number of allylic oxidation sites excluding steroid dienone is 1. The van der Waals surface area contributed by atoms with Crippen LogP contribution in [0.2, 0.25) is 5.04 Å². The number of hydrogen-bond acceptors (Lipinski definition) is 2. The first kappa shape index (κ1) is 29.6. The Morgan fingerprint density at radius 1 is 0.650 bits per heavy atom. The van der Waals surface area contributed by atoms with Gasteiger partial charge in [0.2, 0.25) is 0 Å². The van der Waals surface area contributed by atoms with E-state index in [9.17, 15) is 0 Å². The van der Waals surface area contributed by atoms with Crippen LogP contribution < -0.4 is 15.1 Å². The summed E-state index contributed by atoms with van der Waals surface area (Å²) >= 11 is 0. The van der Waals surface area contributed by atoms with Crippen LogP contribution in [-0.4, -0.2) is 22.0 Å². The highest BCUT2D eigenvalue weighted by Crippen LogP contribution is 2.37. The quantitative estimate of drug-likeness (QED) is 0.0944. The van der Waals surface area contributed by atoms with E-state index in [4.69, 9.17) is 9.16 Å². The highest BCUT2D eigenvalue weighted by atomic mass is 28.4. The van der Waals surface area contributed by atoms with Crippen LogP contribution in [0.15, 0.2) is 115 Å². The van der Waals surface area contributed by atoms with Crippen molar-refractivity contribution in [2.45, 2.75) is 57.9 Å². The van der Waals surface area contributed by atoms with Gasteiger partial charge in [-0.2, -0.15) is 0 Å². The van der Waals surface area contributed by atoms with E-state index < -0.39 is 8.32 Å².